The Labute approximate surface area is 121 Å². The number of hydrogen-bond acceptors (Lipinski definition) is 1. The van der Waals surface area contributed by atoms with Gasteiger partial charge in [0, 0.05) is 11.8 Å². The summed E-state index contributed by atoms with van der Waals surface area (Å²) in [6, 6.07) is 10.4. The maximum absolute atomic E-state index is 12.9. The Morgan fingerprint density at radius 3 is 2.45 bits per heavy atom. The van der Waals surface area contributed by atoms with E-state index in [1.165, 1.54) is 16.7 Å². The van der Waals surface area contributed by atoms with Crippen LogP contribution in [0.25, 0.3) is 0 Å². The molecule has 0 N–H and O–H groups in total. The fourth-order valence-corrected chi connectivity index (χ4v) is 4.00. The highest BCUT2D eigenvalue weighted by atomic mass is 16.1. The van der Waals surface area contributed by atoms with Gasteiger partial charge in [-0.3, -0.25) is 4.79 Å². The zero-order valence-corrected chi connectivity index (χ0v) is 12.6. The number of benzene rings is 1. The van der Waals surface area contributed by atoms with Gasteiger partial charge in [-0.15, -0.1) is 0 Å². The Morgan fingerprint density at radius 1 is 1.15 bits per heavy atom. The molecule has 0 amide bonds. The molecule has 1 saturated carbocycles. The van der Waals surface area contributed by atoms with Crippen molar-refractivity contribution in [1.29, 1.82) is 0 Å². The van der Waals surface area contributed by atoms with E-state index in [9.17, 15) is 4.79 Å². The van der Waals surface area contributed by atoms with Gasteiger partial charge < -0.3 is 0 Å². The van der Waals surface area contributed by atoms with Gasteiger partial charge in [-0.05, 0) is 39.2 Å². The number of ketones is 1. The van der Waals surface area contributed by atoms with Gasteiger partial charge in [0.25, 0.3) is 0 Å². The van der Waals surface area contributed by atoms with Crippen molar-refractivity contribution in [3.8, 4) is 0 Å². The minimum atomic E-state index is -0.368. The number of hydrogen-bond donors (Lipinski definition) is 0. The Balaban J connectivity index is 2.13. The summed E-state index contributed by atoms with van der Waals surface area (Å²) in [5, 5.41) is 0. The third-order valence-electron chi connectivity index (χ3n) is 5.40. The first-order chi connectivity index (χ1) is 9.45. The van der Waals surface area contributed by atoms with Gasteiger partial charge in [0.1, 0.15) is 5.78 Å². The van der Waals surface area contributed by atoms with Crippen molar-refractivity contribution < 1.29 is 4.79 Å². The van der Waals surface area contributed by atoms with Crippen LogP contribution >= 0.6 is 0 Å². The number of fused-ring (bicyclic) bond motifs is 2. The second kappa shape index (κ2) is 4.44. The van der Waals surface area contributed by atoms with E-state index in [4.69, 9.17) is 0 Å². The topological polar surface area (TPSA) is 17.1 Å². The average Bonchev–Trinajstić information content (AvgIpc) is 2.56. The van der Waals surface area contributed by atoms with Gasteiger partial charge in [-0.1, -0.05) is 53.6 Å². The quantitative estimate of drug-likeness (QED) is 0.675. The molecule has 2 aliphatic rings. The molecule has 0 unspecified atom stereocenters. The summed E-state index contributed by atoms with van der Waals surface area (Å²) < 4.78 is 0. The van der Waals surface area contributed by atoms with Crippen LogP contribution in [-0.2, 0) is 4.79 Å². The normalized spacial score (nSPS) is 33.5. The standard InChI is InChI=1S/C19H22O/c1-12-10-16-17(15-8-6-5-7-9-15)14(3)19(4,18(16)20)11-13(12)2/h5-9,16-17H,3,10-11H2,1-2,4H3/t16-,17-,19+/m1/s1. The van der Waals surface area contributed by atoms with E-state index in [0.29, 0.717) is 5.78 Å². The second-order valence-corrected chi connectivity index (χ2v) is 6.66. The predicted octanol–water partition coefficient (Wildman–Crippen LogP) is 4.66. The zero-order chi connectivity index (χ0) is 14.5. The van der Waals surface area contributed by atoms with Crippen LogP contribution in [0.1, 0.15) is 45.1 Å². The van der Waals surface area contributed by atoms with Crippen LogP contribution in [0.4, 0.5) is 0 Å². The first-order valence-corrected chi connectivity index (χ1v) is 7.39. The monoisotopic (exact) mass is 266 g/mol. The maximum Gasteiger partial charge on any atom is 0.147 e. The summed E-state index contributed by atoms with van der Waals surface area (Å²) in [4.78, 5) is 12.9. The van der Waals surface area contributed by atoms with Gasteiger partial charge in [0.2, 0.25) is 0 Å². The first kappa shape index (κ1) is 13.4. The fraction of sp³-hybridized carbons (Fsp3) is 0.421. The molecule has 0 saturated heterocycles. The minimum absolute atomic E-state index is 0.0762. The number of allylic oxidation sites excluding steroid dienone is 3. The lowest BCUT2D eigenvalue weighted by atomic mass is 9.75. The van der Waals surface area contributed by atoms with Crippen molar-refractivity contribution in [3.63, 3.8) is 0 Å². The largest absolute Gasteiger partial charge is 0.298 e. The Hall–Kier alpha value is -1.63. The minimum Gasteiger partial charge on any atom is -0.298 e. The molecule has 1 aromatic rings. The molecule has 1 nitrogen and oxygen atoms in total. The second-order valence-electron chi connectivity index (χ2n) is 6.66. The van der Waals surface area contributed by atoms with E-state index in [0.717, 1.165) is 18.4 Å². The van der Waals surface area contributed by atoms with Crippen molar-refractivity contribution in [2.24, 2.45) is 11.3 Å². The summed E-state index contributed by atoms with van der Waals surface area (Å²) in [5.41, 5.74) is 4.75. The number of carbonyl (C=O) groups excluding carboxylic acids is 1. The fourth-order valence-electron chi connectivity index (χ4n) is 4.00. The summed E-state index contributed by atoms with van der Waals surface area (Å²) in [6.45, 7) is 10.8. The maximum atomic E-state index is 12.9. The van der Waals surface area contributed by atoms with Crippen molar-refractivity contribution >= 4 is 5.78 Å². The van der Waals surface area contributed by atoms with Gasteiger partial charge >= 0.3 is 0 Å². The molecule has 1 aromatic carbocycles. The molecule has 20 heavy (non-hydrogen) atoms. The van der Waals surface area contributed by atoms with Crippen molar-refractivity contribution in [2.45, 2.75) is 39.5 Å². The third-order valence-corrected chi connectivity index (χ3v) is 5.40. The lowest BCUT2D eigenvalue weighted by Crippen LogP contribution is -2.25. The molecule has 0 spiro atoms. The number of Topliss-reactive ketones (excluding diaryl/α,β-unsaturated/α-hetero) is 1. The average molecular weight is 266 g/mol. The van der Waals surface area contributed by atoms with Crippen molar-refractivity contribution in [2.75, 3.05) is 0 Å². The van der Waals surface area contributed by atoms with Gasteiger partial charge in [0.15, 0.2) is 0 Å². The van der Waals surface area contributed by atoms with E-state index in [1.54, 1.807) is 0 Å². The van der Waals surface area contributed by atoms with Crippen LogP contribution in [0.5, 0.6) is 0 Å². The van der Waals surface area contributed by atoms with E-state index >= 15 is 0 Å². The highest BCUT2D eigenvalue weighted by Crippen LogP contribution is 2.57. The van der Waals surface area contributed by atoms with E-state index in [1.807, 2.05) is 6.07 Å². The Morgan fingerprint density at radius 2 is 1.80 bits per heavy atom. The number of carbonyl (C=O) groups is 1. The van der Waals surface area contributed by atoms with Crippen LogP contribution in [-0.4, -0.2) is 5.78 Å². The van der Waals surface area contributed by atoms with Crippen molar-refractivity contribution in [1.82, 2.24) is 0 Å². The van der Waals surface area contributed by atoms with Gasteiger partial charge in [-0.2, -0.15) is 0 Å². The molecule has 1 fully saturated rings. The Kier molecular flexibility index (Phi) is 2.97. The first-order valence-electron chi connectivity index (χ1n) is 7.39. The summed E-state index contributed by atoms with van der Waals surface area (Å²) in [6.07, 6.45) is 1.73. The van der Waals surface area contributed by atoms with E-state index in [2.05, 4.69) is 51.6 Å². The molecule has 3 atom stereocenters. The molecule has 2 bridgehead atoms. The Bertz CT molecular complexity index is 608. The molecule has 0 heterocycles. The van der Waals surface area contributed by atoms with Crippen LogP contribution in [0, 0.1) is 11.3 Å². The van der Waals surface area contributed by atoms with E-state index in [-0.39, 0.29) is 17.3 Å². The molecule has 104 valence electrons. The molecule has 0 aliphatic heterocycles. The highest BCUT2D eigenvalue weighted by Gasteiger charge is 2.54. The van der Waals surface area contributed by atoms with Gasteiger partial charge in [0.05, 0.1) is 5.41 Å². The molecule has 1 heteroatoms. The molecule has 0 radical (unpaired) electrons. The SMILES string of the molecule is C=C1[C@H](c2ccccc2)[C@H]2CC(C)=C(C)C[C@]1(C)C2=O. The smallest absolute Gasteiger partial charge is 0.147 e. The van der Waals surface area contributed by atoms with Crippen LogP contribution in [0.3, 0.4) is 0 Å². The lowest BCUT2D eigenvalue weighted by molar-refractivity contribution is -0.127. The van der Waals surface area contributed by atoms with E-state index < -0.39 is 0 Å². The van der Waals surface area contributed by atoms with Crippen LogP contribution in [0.15, 0.2) is 53.6 Å². The van der Waals surface area contributed by atoms with Crippen LogP contribution < -0.4 is 0 Å². The molecular weight excluding hydrogens is 244 g/mol. The summed E-state index contributed by atoms with van der Waals surface area (Å²) in [7, 11) is 0. The third kappa shape index (κ3) is 1.72. The zero-order valence-electron chi connectivity index (χ0n) is 12.6. The van der Waals surface area contributed by atoms with Crippen LogP contribution in [0.2, 0.25) is 0 Å². The highest BCUT2D eigenvalue weighted by molar-refractivity contribution is 5.95. The predicted molar refractivity (Wildman–Crippen MR) is 82.5 cm³/mol. The lowest BCUT2D eigenvalue weighted by Gasteiger charge is -2.27. The van der Waals surface area contributed by atoms with Crippen molar-refractivity contribution in [3.05, 3.63) is 59.2 Å². The summed E-state index contributed by atoms with van der Waals surface area (Å²) >= 11 is 0. The summed E-state index contributed by atoms with van der Waals surface area (Å²) in [5.74, 6) is 0.664. The number of rotatable bonds is 1. The van der Waals surface area contributed by atoms with Gasteiger partial charge in [-0.25, -0.2) is 0 Å². The molecular formula is C19H22O. The molecule has 2 aliphatic carbocycles. The molecule has 0 aromatic heterocycles. The molecule has 3 rings (SSSR count).